The molecule has 0 aliphatic heterocycles. The second kappa shape index (κ2) is 10.1. The van der Waals surface area contributed by atoms with Gasteiger partial charge >= 0.3 is 12.0 Å². The molecule has 2 rings (SSSR count). The van der Waals surface area contributed by atoms with E-state index in [1.165, 1.54) is 23.5 Å². The Morgan fingerprint density at radius 1 is 1.22 bits per heavy atom. The van der Waals surface area contributed by atoms with Crippen LogP contribution in [0.4, 0.5) is 10.5 Å². The van der Waals surface area contributed by atoms with Crippen molar-refractivity contribution in [3.05, 3.63) is 57.5 Å². The third-order valence-electron chi connectivity index (χ3n) is 3.35. The van der Waals surface area contributed by atoms with E-state index >= 15 is 0 Å². The van der Waals surface area contributed by atoms with Crippen LogP contribution in [-0.2, 0) is 9.53 Å². The summed E-state index contributed by atoms with van der Waals surface area (Å²) in [5.74, 6) is -0.534. The quantitative estimate of drug-likeness (QED) is 0.237. The molecule has 0 saturated heterocycles. The van der Waals surface area contributed by atoms with Crippen LogP contribution in [0.25, 0.3) is 16.5 Å². The molecule has 1 aromatic carbocycles. The van der Waals surface area contributed by atoms with Gasteiger partial charge in [-0.2, -0.15) is 0 Å². The highest BCUT2D eigenvalue weighted by Gasteiger charge is 2.15. The number of amides is 2. The fourth-order valence-corrected chi connectivity index (χ4v) is 3.11. The van der Waals surface area contributed by atoms with Crippen LogP contribution in [0, 0.1) is 10.1 Å². The van der Waals surface area contributed by atoms with Crippen LogP contribution in [0.5, 0.6) is 0 Å². The lowest BCUT2D eigenvalue weighted by molar-refractivity contribution is -0.384. The number of hydrogen-bond acceptors (Lipinski definition) is 6. The van der Waals surface area contributed by atoms with E-state index in [1.54, 1.807) is 43.3 Å². The largest absolute Gasteiger partial charge is 0.461 e. The summed E-state index contributed by atoms with van der Waals surface area (Å²) in [5.41, 5.74) is 0.569. The van der Waals surface area contributed by atoms with E-state index in [-0.39, 0.29) is 24.9 Å². The van der Waals surface area contributed by atoms with Crippen LogP contribution >= 0.6 is 11.3 Å². The summed E-state index contributed by atoms with van der Waals surface area (Å²) >= 11 is 1.33. The number of nitrogens with zero attached hydrogens (tertiary/aromatic N) is 1. The highest BCUT2D eigenvalue weighted by atomic mass is 32.1. The Morgan fingerprint density at radius 2 is 2.00 bits per heavy atom. The van der Waals surface area contributed by atoms with Crippen molar-refractivity contribution >= 4 is 35.1 Å². The number of esters is 1. The van der Waals surface area contributed by atoms with E-state index in [2.05, 4.69) is 10.6 Å². The molecule has 0 bridgehead atoms. The number of thiophene rings is 1. The molecule has 2 aromatic rings. The predicted octanol–water partition coefficient (Wildman–Crippen LogP) is 3.20. The topological polar surface area (TPSA) is 111 Å². The highest BCUT2D eigenvalue weighted by molar-refractivity contribution is 7.16. The van der Waals surface area contributed by atoms with Crippen LogP contribution in [-0.4, -0.2) is 36.6 Å². The van der Waals surface area contributed by atoms with Gasteiger partial charge < -0.3 is 15.4 Å². The minimum Gasteiger partial charge on any atom is -0.461 e. The van der Waals surface area contributed by atoms with Gasteiger partial charge in [0.15, 0.2) is 0 Å². The van der Waals surface area contributed by atoms with Gasteiger partial charge in [0.1, 0.15) is 6.61 Å². The van der Waals surface area contributed by atoms with Crippen molar-refractivity contribution in [2.75, 3.05) is 19.7 Å². The lowest BCUT2D eigenvalue weighted by atomic mass is 10.1. The average molecular weight is 389 g/mol. The van der Waals surface area contributed by atoms with Gasteiger partial charge in [0.2, 0.25) is 0 Å². The Hall–Kier alpha value is -3.20. The molecule has 0 unspecified atom stereocenters. The molecule has 0 aliphatic rings. The zero-order chi connectivity index (χ0) is 19.6. The van der Waals surface area contributed by atoms with Gasteiger partial charge in [-0.05, 0) is 31.2 Å². The molecule has 2 amide bonds. The van der Waals surface area contributed by atoms with Crippen LogP contribution in [0.2, 0.25) is 0 Å². The van der Waals surface area contributed by atoms with E-state index in [4.69, 9.17) is 4.74 Å². The first-order valence-electron chi connectivity index (χ1n) is 8.21. The molecule has 0 radical (unpaired) electrons. The molecule has 2 N–H and O–H groups in total. The van der Waals surface area contributed by atoms with Crippen molar-refractivity contribution in [2.45, 2.75) is 6.92 Å². The van der Waals surface area contributed by atoms with E-state index in [0.29, 0.717) is 12.1 Å². The zero-order valence-electron chi connectivity index (χ0n) is 14.6. The lowest BCUT2D eigenvalue weighted by Gasteiger charge is -2.05. The van der Waals surface area contributed by atoms with Gasteiger partial charge in [-0.25, -0.2) is 9.59 Å². The molecule has 142 valence electrons. The first kappa shape index (κ1) is 20.1. The number of ether oxygens (including phenoxy) is 1. The molecule has 0 aliphatic carbocycles. The summed E-state index contributed by atoms with van der Waals surface area (Å²) < 4.78 is 4.98. The van der Waals surface area contributed by atoms with E-state index < -0.39 is 10.9 Å². The summed E-state index contributed by atoms with van der Waals surface area (Å²) in [4.78, 5) is 35.1. The number of rotatable bonds is 8. The second-order valence-corrected chi connectivity index (χ2v) is 6.38. The highest BCUT2D eigenvalue weighted by Crippen LogP contribution is 2.34. The lowest BCUT2D eigenvalue weighted by Crippen LogP contribution is -2.37. The minimum absolute atomic E-state index is 0.0360. The maximum atomic E-state index is 11.7. The molecule has 0 fully saturated rings. The number of benzene rings is 1. The monoisotopic (exact) mass is 389 g/mol. The van der Waals surface area contributed by atoms with E-state index in [1.807, 2.05) is 0 Å². The van der Waals surface area contributed by atoms with Gasteiger partial charge in [-0.1, -0.05) is 12.1 Å². The average Bonchev–Trinajstić information content (AvgIpc) is 3.12. The van der Waals surface area contributed by atoms with Crippen molar-refractivity contribution in [2.24, 2.45) is 0 Å². The Bertz CT molecular complexity index is 847. The second-order valence-electron chi connectivity index (χ2n) is 5.26. The fraction of sp³-hybridized carbons (Fsp3) is 0.222. The number of carbonyl (C=O) groups is 2. The van der Waals surface area contributed by atoms with Gasteiger partial charge in [0, 0.05) is 28.4 Å². The van der Waals surface area contributed by atoms with Gasteiger partial charge in [-0.15, -0.1) is 11.3 Å². The predicted molar refractivity (Wildman–Crippen MR) is 103 cm³/mol. The first-order chi connectivity index (χ1) is 13.0. The molecular weight excluding hydrogens is 370 g/mol. The fourth-order valence-electron chi connectivity index (χ4n) is 2.17. The van der Waals surface area contributed by atoms with Gasteiger partial charge in [-0.3, -0.25) is 10.1 Å². The third kappa shape index (κ3) is 6.23. The number of urea groups is 1. The van der Waals surface area contributed by atoms with Gasteiger partial charge in [0.25, 0.3) is 5.69 Å². The zero-order valence-corrected chi connectivity index (χ0v) is 15.5. The van der Waals surface area contributed by atoms with Crippen LogP contribution < -0.4 is 10.6 Å². The number of para-hydroxylation sites is 1. The number of hydrogen-bond donors (Lipinski definition) is 2. The molecule has 1 heterocycles. The molecule has 1 aromatic heterocycles. The smallest absolute Gasteiger partial charge is 0.330 e. The Labute approximate surface area is 160 Å². The van der Waals surface area contributed by atoms with Crippen molar-refractivity contribution in [3.8, 4) is 10.4 Å². The molecule has 0 spiro atoms. The number of nitrogens with one attached hydrogen (secondary N) is 2. The summed E-state index contributed by atoms with van der Waals surface area (Å²) in [6.45, 7) is 2.60. The summed E-state index contributed by atoms with van der Waals surface area (Å²) in [5, 5.41) is 16.2. The number of nitro benzene ring substituents is 1. The van der Waals surface area contributed by atoms with Crippen molar-refractivity contribution < 1.29 is 19.2 Å². The summed E-state index contributed by atoms with van der Waals surface area (Å²) in [7, 11) is 0. The molecule has 27 heavy (non-hydrogen) atoms. The minimum atomic E-state index is -0.534. The number of carbonyl (C=O) groups excluding carboxylic acids is 2. The molecule has 0 saturated carbocycles. The molecular formula is C18H19N3O5S. The normalized spacial score (nSPS) is 10.6. The van der Waals surface area contributed by atoms with Gasteiger partial charge in [0.05, 0.1) is 17.0 Å². The summed E-state index contributed by atoms with van der Waals surface area (Å²) in [6.07, 6.45) is 2.86. The Balaban J connectivity index is 1.89. The van der Waals surface area contributed by atoms with E-state index in [0.717, 1.165) is 9.75 Å². The standard InChI is InChI=1S/C18H19N3O5S/c1-2-19-18(23)20-11-12-26-17(22)10-8-13-7-9-16(27-13)14-5-3-4-6-15(14)21(24)25/h3-10H,2,11-12H2,1H3,(H2,19,20,23)/b10-8+. The first-order valence-corrected chi connectivity index (χ1v) is 9.03. The molecule has 9 heteroatoms. The van der Waals surface area contributed by atoms with Crippen molar-refractivity contribution in [1.82, 2.24) is 10.6 Å². The van der Waals surface area contributed by atoms with Crippen LogP contribution in [0.15, 0.2) is 42.5 Å². The molecule has 0 atom stereocenters. The maximum absolute atomic E-state index is 11.7. The van der Waals surface area contributed by atoms with Crippen LogP contribution in [0.1, 0.15) is 11.8 Å². The van der Waals surface area contributed by atoms with Crippen molar-refractivity contribution in [1.29, 1.82) is 0 Å². The Morgan fingerprint density at radius 3 is 2.74 bits per heavy atom. The maximum Gasteiger partial charge on any atom is 0.330 e. The third-order valence-corrected chi connectivity index (χ3v) is 4.43. The van der Waals surface area contributed by atoms with Crippen molar-refractivity contribution in [3.63, 3.8) is 0 Å². The Kier molecular flexibility index (Phi) is 7.50. The van der Waals surface area contributed by atoms with E-state index in [9.17, 15) is 19.7 Å². The van der Waals surface area contributed by atoms with Crippen LogP contribution in [0.3, 0.4) is 0 Å². The summed E-state index contributed by atoms with van der Waals surface area (Å²) in [6, 6.07) is 9.73. The number of nitro groups is 1. The SMILES string of the molecule is CCNC(=O)NCCOC(=O)/C=C/c1ccc(-c2ccccc2[N+](=O)[O-])s1. The molecule has 8 nitrogen and oxygen atoms in total.